The van der Waals surface area contributed by atoms with E-state index >= 15 is 0 Å². The molecular formula is C27H23ClFN5O4. The number of amides is 2. The number of carbonyl (C=O) groups excluding carboxylic acids is 2. The molecule has 0 aliphatic heterocycles. The van der Waals surface area contributed by atoms with Crippen LogP contribution in [0.5, 0.6) is 0 Å². The summed E-state index contributed by atoms with van der Waals surface area (Å²) in [5.74, 6) is -0.492. The van der Waals surface area contributed by atoms with Crippen molar-refractivity contribution in [3.05, 3.63) is 76.2 Å². The number of carbonyl (C=O) groups is 2. The summed E-state index contributed by atoms with van der Waals surface area (Å²) in [6.45, 7) is 2.10. The van der Waals surface area contributed by atoms with Gasteiger partial charge in [-0.2, -0.15) is 4.98 Å². The van der Waals surface area contributed by atoms with Crippen LogP contribution in [-0.4, -0.2) is 39.2 Å². The zero-order valence-corrected chi connectivity index (χ0v) is 21.1. The van der Waals surface area contributed by atoms with Gasteiger partial charge in [-0.25, -0.2) is 4.39 Å². The number of nitrogens with one attached hydrogen (secondary N) is 2. The molecule has 1 saturated carbocycles. The molecule has 1 atom stereocenters. The number of aryl methyl sites for hydroxylation is 2. The summed E-state index contributed by atoms with van der Waals surface area (Å²) < 4.78 is 24.9. The average molecular weight is 536 g/mol. The van der Waals surface area contributed by atoms with Gasteiger partial charge in [0, 0.05) is 30.5 Å². The molecule has 2 aromatic heterocycles. The highest BCUT2D eigenvalue weighted by molar-refractivity contribution is 6.31. The van der Waals surface area contributed by atoms with Crippen molar-refractivity contribution in [1.29, 1.82) is 0 Å². The molecule has 2 aliphatic rings. The Balaban J connectivity index is 1.18. The third-order valence-corrected chi connectivity index (χ3v) is 7.39. The molecule has 0 radical (unpaired) electrons. The highest BCUT2D eigenvalue weighted by Crippen LogP contribution is 2.40. The maximum Gasteiger partial charge on any atom is 0.290 e. The second-order valence-electron chi connectivity index (χ2n) is 9.72. The van der Waals surface area contributed by atoms with E-state index in [0.29, 0.717) is 30.8 Å². The Morgan fingerprint density at radius 1 is 1.18 bits per heavy atom. The molecule has 194 valence electrons. The Kier molecular flexibility index (Phi) is 5.98. The van der Waals surface area contributed by atoms with Crippen LogP contribution >= 0.6 is 11.6 Å². The molecule has 38 heavy (non-hydrogen) atoms. The lowest BCUT2D eigenvalue weighted by atomic mass is 9.94. The van der Waals surface area contributed by atoms with Gasteiger partial charge >= 0.3 is 0 Å². The van der Waals surface area contributed by atoms with Gasteiger partial charge in [-0.3, -0.25) is 9.59 Å². The maximum absolute atomic E-state index is 15.0. The predicted octanol–water partition coefficient (Wildman–Crippen LogP) is 4.60. The maximum atomic E-state index is 15.0. The van der Waals surface area contributed by atoms with Crippen LogP contribution in [0.15, 0.2) is 51.6 Å². The summed E-state index contributed by atoms with van der Waals surface area (Å²) in [5, 5.41) is 13.5. The quantitative estimate of drug-likeness (QED) is 0.354. The van der Waals surface area contributed by atoms with E-state index in [1.54, 1.807) is 13.0 Å². The molecule has 2 N–H and O–H groups in total. The Morgan fingerprint density at radius 2 is 2.03 bits per heavy atom. The summed E-state index contributed by atoms with van der Waals surface area (Å²) in [5.41, 5.74) is 2.94. The van der Waals surface area contributed by atoms with Gasteiger partial charge in [0.2, 0.25) is 23.4 Å². The molecule has 6 rings (SSSR count). The molecule has 9 nitrogen and oxygen atoms in total. The fourth-order valence-corrected chi connectivity index (χ4v) is 5.25. The lowest BCUT2D eigenvalue weighted by Gasteiger charge is -2.19. The normalized spacial score (nSPS) is 17.2. The van der Waals surface area contributed by atoms with Crippen molar-refractivity contribution >= 4 is 23.4 Å². The van der Waals surface area contributed by atoms with E-state index in [1.807, 2.05) is 18.2 Å². The second-order valence-corrected chi connectivity index (χ2v) is 10.2. The monoisotopic (exact) mass is 535 g/mol. The van der Waals surface area contributed by atoms with Gasteiger partial charge in [-0.1, -0.05) is 40.1 Å². The number of aromatic nitrogens is 3. The van der Waals surface area contributed by atoms with Crippen molar-refractivity contribution in [1.82, 2.24) is 25.9 Å². The third-order valence-electron chi connectivity index (χ3n) is 7.17. The molecule has 2 aromatic carbocycles. The standard InChI is InChI=1S/C27H23ClFN5O4/c1-14-32-24(34-37-14)23-20(11-18(28)12-21(23)29)16-4-5-19-15(10-16)2-3-17(19)13-30-26(36)27(7-8-27)33-25(35)22-6-9-31-38-22/h4-6,9-12,17H,2-3,7-8,13H2,1H3,(H,30,36)(H,33,35)/t17-/m1/s1. The van der Waals surface area contributed by atoms with Crippen LogP contribution in [0, 0.1) is 12.7 Å². The minimum atomic E-state index is -0.907. The van der Waals surface area contributed by atoms with E-state index in [1.165, 1.54) is 18.3 Å². The van der Waals surface area contributed by atoms with Crippen molar-refractivity contribution in [3.63, 3.8) is 0 Å². The summed E-state index contributed by atoms with van der Waals surface area (Å²) in [4.78, 5) is 29.5. The SMILES string of the molecule is Cc1nc(-c2c(F)cc(Cl)cc2-c2ccc3c(c2)CC[C@@H]3CNC(=O)C2(NC(=O)c3ccno3)CC2)no1. The second kappa shape index (κ2) is 9.36. The van der Waals surface area contributed by atoms with Crippen LogP contribution in [-0.2, 0) is 11.2 Å². The minimum Gasteiger partial charge on any atom is -0.353 e. The molecule has 0 bridgehead atoms. The highest BCUT2D eigenvalue weighted by Gasteiger charge is 2.51. The van der Waals surface area contributed by atoms with Crippen molar-refractivity contribution < 1.29 is 23.0 Å². The minimum absolute atomic E-state index is 0.0711. The number of nitrogens with zero attached hydrogens (tertiary/aromatic N) is 3. The van der Waals surface area contributed by atoms with Crippen LogP contribution in [0.1, 0.15) is 52.8 Å². The third kappa shape index (κ3) is 4.45. The summed E-state index contributed by atoms with van der Waals surface area (Å²) >= 11 is 6.20. The lowest BCUT2D eigenvalue weighted by molar-refractivity contribution is -0.124. The number of rotatable bonds is 7. The first-order chi connectivity index (χ1) is 18.3. The fourth-order valence-electron chi connectivity index (χ4n) is 5.05. The number of hydrogen-bond acceptors (Lipinski definition) is 7. The molecule has 2 heterocycles. The predicted molar refractivity (Wildman–Crippen MR) is 135 cm³/mol. The first kappa shape index (κ1) is 24.3. The zero-order valence-electron chi connectivity index (χ0n) is 20.4. The van der Waals surface area contributed by atoms with E-state index in [0.717, 1.165) is 29.5 Å². The Hall–Kier alpha value is -4.05. The van der Waals surface area contributed by atoms with Gasteiger partial charge in [0.25, 0.3) is 5.91 Å². The molecule has 0 saturated heterocycles. The molecule has 0 unspecified atom stereocenters. The molecular weight excluding hydrogens is 513 g/mol. The molecule has 2 aliphatic carbocycles. The van der Waals surface area contributed by atoms with Crippen LogP contribution < -0.4 is 10.6 Å². The average Bonchev–Trinajstić information content (AvgIpc) is 3.26. The highest BCUT2D eigenvalue weighted by atomic mass is 35.5. The topological polar surface area (TPSA) is 123 Å². The number of fused-ring (bicyclic) bond motifs is 1. The molecule has 11 heteroatoms. The van der Waals surface area contributed by atoms with Crippen LogP contribution in [0.2, 0.25) is 5.02 Å². The number of halogens is 2. The fraction of sp³-hybridized carbons (Fsp3) is 0.296. The van der Waals surface area contributed by atoms with Crippen LogP contribution in [0.4, 0.5) is 4.39 Å². The summed E-state index contributed by atoms with van der Waals surface area (Å²) in [6.07, 6.45) is 4.20. The van der Waals surface area contributed by atoms with E-state index in [4.69, 9.17) is 20.6 Å². The van der Waals surface area contributed by atoms with Crippen LogP contribution in [0.3, 0.4) is 0 Å². The van der Waals surface area contributed by atoms with Crippen molar-refractivity contribution in [2.24, 2.45) is 0 Å². The van der Waals surface area contributed by atoms with Crippen LogP contribution in [0.25, 0.3) is 22.5 Å². The lowest BCUT2D eigenvalue weighted by Crippen LogP contribution is -2.49. The number of benzene rings is 2. The van der Waals surface area contributed by atoms with Gasteiger partial charge in [-0.05, 0) is 60.1 Å². The van der Waals surface area contributed by atoms with E-state index < -0.39 is 17.3 Å². The van der Waals surface area contributed by atoms with Gasteiger partial charge in [0.1, 0.15) is 11.4 Å². The van der Waals surface area contributed by atoms with E-state index in [-0.39, 0.29) is 34.0 Å². The Morgan fingerprint density at radius 3 is 2.74 bits per heavy atom. The molecule has 0 spiro atoms. The smallest absolute Gasteiger partial charge is 0.290 e. The Labute approximate surface area is 221 Å². The molecule has 2 amide bonds. The number of hydrogen-bond donors (Lipinski definition) is 2. The van der Waals surface area contributed by atoms with E-state index in [2.05, 4.69) is 25.9 Å². The molecule has 1 fully saturated rings. The largest absolute Gasteiger partial charge is 0.353 e. The Bertz CT molecular complexity index is 1550. The summed E-state index contributed by atoms with van der Waals surface area (Å²) in [7, 11) is 0. The van der Waals surface area contributed by atoms with Gasteiger partial charge < -0.3 is 19.7 Å². The van der Waals surface area contributed by atoms with Crippen molar-refractivity contribution in [3.8, 4) is 22.5 Å². The van der Waals surface area contributed by atoms with Gasteiger partial charge in [0.05, 0.1) is 11.8 Å². The summed E-state index contributed by atoms with van der Waals surface area (Å²) in [6, 6.07) is 10.3. The van der Waals surface area contributed by atoms with Crippen molar-refractivity contribution in [2.45, 2.75) is 44.1 Å². The zero-order chi connectivity index (χ0) is 26.4. The van der Waals surface area contributed by atoms with E-state index in [9.17, 15) is 14.0 Å². The van der Waals surface area contributed by atoms with Crippen molar-refractivity contribution in [2.75, 3.05) is 6.54 Å². The van der Waals surface area contributed by atoms with Gasteiger partial charge in [-0.15, -0.1) is 0 Å². The molecule has 4 aromatic rings. The van der Waals surface area contributed by atoms with Gasteiger partial charge in [0.15, 0.2) is 0 Å². The first-order valence-corrected chi connectivity index (χ1v) is 12.7. The first-order valence-electron chi connectivity index (χ1n) is 12.3.